The molecular weight excluding hydrogens is 437 g/mol. The van der Waals surface area contributed by atoms with Crippen molar-refractivity contribution in [2.24, 2.45) is 0 Å². The van der Waals surface area contributed by atoms with Gasteiger partial charge in [0.2, 0.25) is 0 Å². The number of thiocarbonyl (C=S) groups is 1. The van der Waals surface area contributed by atoms with Gasteiger partial charge in [-0.3, -0.25) is 4.98 Å². The fourth-order valence-electron chi connectivity index (χ4n) is 4.09. The van der Waals surface area contributed by atoms with Gasteiger partial charge in [0, 0.05) is 18.3 Å². The van der Waals surface area contributed by atoms with E-state index in [1.807, 2.05) is 54.6 Å². The Balaban J connectivity index is 1.51. The molecule has 1 saturated heterocycles. The molecule has 1 aliphatic heterocycles. The maximum absolute atomic E-state index is 13.4. The molecule has 0 radical (unpaired) electrons. The van der Waals surface area contributed by atoms with Crippen molar-refractivity contribution >= 4 is 17.3 Å². The lowest BCUT2D eigenvalue weighted by Crippen LogP contribution is -2.29. The van der Waals surface area contributed by atoms with Crippen molar-refractivity contribution in [2.75, 3.05) is 7.11 Å². The zero-order chi connectivity index (χ0) is 22.8. The zero-order valence-corrected chi connectivity index (χ0v) is 18.8. The number of methoxy groups -OCH3 is 1. The number of nitrogens with one attached hydrogen (secondary N) is 1. The van der Waals surface area contributed by atoms with Crippen LogP contribution in [0.4, 0.5) is 4.39 Å². The summed E-state index contributed by atoms with van der Waals surface area (Å²) >= 11 is 5.74. The van der Waals surface area contributed by atoms with E-state index < -0.39 is 0 Å². The minimum atomic E-state index is -0.281. The van der Waals surface area contributed by atoms with Crippen LogP contribution >= 0.6 is 12.2 Å². The summed E-state index contributed by atoms with van der Waals surface area (Å²) in [6.07, 6.45) is 1.77. The van der Waals surface area contributed by atoms with Crippen LogP contribution in [0.25, 0.3) is 11.3 Å². The van der Waals surface area contributed by atoms with Gasteiger partial charge in [0.15, 0.2) is 5.11 Å². The van der Waals surface area contributed by atoms with Gasteiger partial charge in [0.1, 0.15) is 29.1 Å². The van der Waals surface area contributed by atoms with Crippen LogP contribution in [0.2, 0.25) is 0 Å². The summed E-state index contributed by atoms with van der Waals surface area (Å²) in [5.74, 6) is 1.95. The molecule has 1 N–H and O–H groups in total. The van der Waals surface area contributed by atoms with E-state index in [0.717, 1.165) is 28.3 Å². The van der Waals surface area contributed by atoms with Crippen LogP contribution in [0.5, 0.6) is 5.75 Å². The number of nitrogens with zero attached hydrogens (tertiary/aromatic N) is 2. The number of aromatic nitrogens is 1. The average molecular weight is 460 g/mol. The molecule has 4 aromatic rings. The second kappa shape index (κ2) is 9.03. The van der Waals surface area contributed by atoms with Crippen molar-refractivity contribution in [1.82, 2.24) is 15.2 Å². The zero-order valence-electron chi connectivity index (χ0n) is 17.9. The van der Waals surface area contributed by atoms with E-state index >= 15 is 0 Å². The molecule has 2 aromatic heterocycles. The van der Waals surface area contributed by atoms with E-state index in [0.29, 0.717) is 17.4 Å². The van der Waals surface area contributed by atoms with Crippen molar-refractivity contribution in [2.45, 2.75) is 18.6 Å². The van der Waals surface area contributed by atoms with Crippen LogP contribution in [0.15, 0.2) is 89.5 Å². The molecule has 0 aliphatic carbocycles. The van der Waals surface area contributed by atoms with E-state index in [9.17, 15) is 4.39 Å². The number of furan rings is 1. The summed E-state index contributed by atoms with van der Waals surface area (Å²) < 4.78 is 24.9. The van der Waals surface area contributed by atoms with E-state index in [1.54, 1.807) is 25.4 Å². The Hall–Kier alpha value is -3.71. The number of hydrogen-bond donors (Lipinski definition) is 1. The first-order valence-corrected chi connectivity index (χ1v) is 11.0. The van der Waals surface area contributed by atoms with E-state index in [2.05, 4.69) is 15.2 Å². The van der Waals surface area contributed by atoms with Gasteiger partial charge in [-0.15, -0.1) is 0 Å². The van der Waals surface area contributed by atoms with Gasteiger partial charge >= 0.3 is 0 Å². The Labute approximate surface area is 196 Å². The highest BCUT2D eigenvalue weighted by Gasteiger charge is 2.41. The minimum Gasteiger partial charge on any atom is -0.497 e. The van der Waals surface area contributed by atoms with Crippen LogP contribution in [-0.2, 0) is 6.54 Å². The molecular formula is C26H22FN3O2S. The van der Waals surface area contributed by atoms with E-state index in [4.69, 9.17) is 21.4 Å². The first kappa shape index (κ1) is 21.2. The minimum absolute atomic E-state index is 0.177. The van der Waals surface area contributed by atoms with Crippen molar-refractivity contribution in [1.29, 1.82) is 0 Å². The van der Waals surface area contributed by atoms with Gasteiger partial charge in [0.05, 0.1) is 18.8 Å². The lowest BCUT2D eigenvalue weighted by atomic mass is 10.0. The molecule has 0 amide bonds. The Kier molecular flexibility index (Phi) is 5.79. The lowest BCUT2D eigenvalue weighted by molar-refractivity contribution is 0.269. The molecule has 2 atom stereocenters. The highest BCUT2D eigenvalue weighted by molar-refractivity contribution is 7.80. The SMILES string of the molecule is COc1ccc(CN2C(=S)N[C@@H](c3ccccn3)[C@H]2c2ccc(-c3ccc(F)cc3)o2)cc1. The topological polar surface area (TPSA) is 50.5 Å². The average Bonchev–Trinajstić information content (AvgIpc) is 3.45. The number of halogens is 1. The third-order valence-electron chi connectivity index (χ3n) is 5.76. The number of pyridine rings is 1. The van der Waals surface area contributed by atoms with Crippen LogP contribution < -0.4 is 10.1 Å². The lowest BCUT2D eigenvalue weighted by Gasteiger charge is -2.26. The summed E-state index contributed by atoms with van der Waals surface area (Å²) in [6.45, 7) is 0.594. The highest BCUT2D eigenvalue weighted by atomic mass is 32.1. The van der Waals surface area contributed by atoms with Crippen molar-refractivity contribution in [3.63, 3.8) is 0 Å². The largest absolute Gasteiger partial charge is 0.497 e. The van der Waals surface area contributed by atoms with Gasteiger partial charge in [-0.05, 0) is 78.4 Å². The Bertz CT molecular complexity index is 1240. The van der Waals surface area contributed by atoms with Gasteiger partial charge in [-0.2, -0.15) is 0 Å². The van der Waals surface area contributed by atoms with Crippen molar-refractivity contribution in [3.8, 4) is 17.1 Å². The van der Waals surface area contributed by atoms with Gasteiger partial charge in [0.25, 0.3) is 0 Å². The molecule has 0 saturated carbocycles. The molecule has 2 aromatic carbocycles. The number of benzene rings is 2. The quantitative estimate of drug-likeness (QED) is 0.376. The highest BCUT2D eigenvalue weighted by Crippen LogP contribution is 2.41. The van der Waals surface area contributed by atoms with Crippen LogP contribution in [-0.4, -0.2) is 22.1 Å². The van der Waals surface area contributed by atoms with Gasteiger partial charge < -0.3 is 19.4 Å². The molecule has 33 heavy (non-hydrogen) atoms. The summed E-state index contributed by atoms with van der Waals surface area (Å²) in [4.78, 5) is 6.68. The number of ether oxygens (including phenoxy) is 1. The molecule has 0 bridgehead atoms. The molecule has 5 nitrogen and oxygen atoms in total. The fraction of sp³-hybridized carbons (Fsp3) is 0.154. The Morgan fingerprint density at radius 2 is 1.82 bits per heavy atom. The number of hydrogen-bond acceptors (Lipinski definition) is 4. The Morgan fingerprint density at radius 1 is 1.03 bits per heavy atom. The normalized spacial score (nSPS) is 17.8. The van der Waals surface area contributed by atoms with E-state index in [-0.39, 0.29) is 17.9 Å². The summed E-state index contributed by atoms with van der Waals surface area (Å²) in [6, 6.07) is 23.5. The molecule has 0 unspecified atom stereocenters. The maximum atomic E-state index is 13.4. The monoisotopic (exact) mass is 459 g/mol. The molecule has 3 heterocycles. The third-order valence-corrected chi connectivity index (χ3v) is 6.11. The fourth-order valence-corrected chi connectivity index (χ4v) is 4.40. The molecule has 166 valence electrons. The van der Waals surface area contributed by atoms with Crippen molar-refractivity contribution in [3.05, 3.63) is 108 Å². The first-order chi connectivity index (χ1) is 16.1. The predicted octanol–water partition coefficient (Wildman–Crippen LogP) is 5.66. The predicted molar refractivity (Wildman–Crippen MR) is 128 cm³/mol. The van der Waals surface area contributed by atoms with Gasteiger partial charge in [-0.1, -0.05) is 18.2 Å². The molecule has 0 spiro atoms. The van der Waals surface area contributed by atoms with Crippen LogP contribution in [0.3, 0.4) is 0 Å². The summed E-state index contributed by atoms with van der Waals surface area (Å²) in [5.41, 5.74) is 2.78. The number of rotatable bonds is 6. The van der Waals surface area contributed by atoms with Crippen LogP contribution in [0, 0.1) is 5.82 Å². The summed E-state index contributed by atoms with van der Waals surface area (Å²) in [7, 11) is 1.65. The Morgan fingerprint density at radius 3 is 2.52 bits per heavy atom. The molecule has 1 aliphatic rings. The second-order valence-corrected chi connectivity index (χ2v) is 8.20. The molecule has 7 heteroatoms. The molecule has 1 fully saturated rings. The van der Waals surface area contributed by atoms with Gasteiger partial charge in [-0.25, -0.2) is 4.39 Å². The van der Waals surface area contributed by atoms with Crippen molar-refractivity contribution < 1.29 is 13.5 Å². The maximum Gasteiger partial charge on any atom is 0.170 e. The first-order valence-electron chi connectivity index (χ1n) is 10.6. The molecule has 5 rings (SSSR count). The standard InChI is InChI=1S/C26H22FN3O2S/c1-31-20-11-5-17(6-12-20)16-30-25(24(29-26(30)33)21-4-2-3-15-28-21)23-14-13-22(32-23)18-7-9-19(27)10-8-18/h2-15,24-25H,16H2,1H3,(H,29,33)/t24-,25+/m0/s1. The van der Waals surface area contributed by atoms with Crippen LogP contribution in [0.1, 0.15) is 29.1 Å². The van der Waals surface area contributed by atoms with E-state index in [1.165, 1.54) is 12.1 Å². The second-order valence-electron chi connectivity index (χ2n) is 7.81. The third kappa shape index (κ3) is 4.32. The smallest absolute Gasteiger partial charge is 0.170 e. The summed E-state index contributed by atoms with van der Waals surface area (Å²) in [5, 5.41) is 4.06.